The van der Waals surface area contributed by atoms with E-state index in [1.165, 1.54) is 0 Å². The average molecular weight is 469 g/mol. The molecule has 3 aliphatic rings. The lowest BCUT2D eigenvalue weighted by atomic mass is 10.00. The second kappa shape index (κ2) is 8.68. The Morgan fingerprint density at radius 1 is 1.12 bits per heavy atom. The van der Waals surface area contributed by atoms with Gasteiger partial charge < -0.3 is 25.2 Å². The highest BCUT2D eigenvalue weighted by molar-refractivity contribution is 6.31. The zero-order valence-corrected chi connectivity index (χ0v) is 19.0. The highest BCUT2D eigenvalue weighted by atomic mass is 35.5. The quantitative estimate of drug-likeness (QED) is 0.721. The Morgan fingerprint density at radius 2 is 1.97 bits per heavy atom. The zero-order valence-electron chi connectivity index (χ0n) is 18.3. The molecule has 2 fully saturated rings. The maximum absolute atomic E-state index is 13.5. The van der Waals surface area contributed by atoms with E-state index in [4.69, 9.17) is 16.3 Å². The molecule has 0 aliphatic carbocycles. The molecular formula is C24H25ClN4O4. The predicted octanol–water partition coefficient (Wildman–Crippen LogP) is 2.37. The number of amides is 3. The first-order chi connectivity index (χ1) is 16.0. The lowest BCUT2D eigenvalue weighted by Crippen LogP contribution is -2.61. The number of piperazine rings is 1. The van der Waals surface area contributed by atoms with Gasteiger partial charge in [-0.15, -0.1) is 0 Å². The van der Waals surface area contributed by atoms with Gasteiger partial charge in [0.25, 0.3) is 5.91 Å². The number of hydrogen-bond acceptors (Lipinski definition) is 5. The molecule has 33 heavy (non-hydrogen) atoms. The van der Waals surface area contributed by atoms with Crippen molar-refractivity contribution in [2.75, 3.05) is 38.6 Å². The van der Waals surface area contributed by atoms with Gasteiger partial charge in [-0.3, -0.25) is 14.4 Å². The molecule has 3 amide bonds. The van der Waals surface area contributed by atoms with Crippen LogP contribution in [0, 0.1) is 0 Å². The number of halogens is 1. The summed E-state index contributed by atoms with van der Waals surface area (Å²) in [6.07, 6.45) is 1.77. The fraction of sp³-hybridized carbons (Fsp3) is 0.375. The molecule has 172 valence electrons. The van der Waals surface area contributed by atoms with Crippen molar-refractivity contribution in [3.8, 4) is 16.9 Å². The van der Waals surface area contributed by atoms with Crippen LogP contribution in [0.3, 0.4) is 0 Å². The van der Waals surface area contributed by atoms with Gasteiger partial charge in [0.05, 0.1) is 30.9 Å². The smallest absolute Gasteiger partial charge is 0.256 e. The third kappa shape index (κ3) is 3.94. The third-order valence-corrected chi connectivity index (χ3v) is 6.83. The van der Waals surface area contributed by atoms with Gasteiger partial charge in [0.2, 0.25) is 11.8 Å². The number of ether oxygens (including phenoxy) is 1. The summed E-state index contributed by atoms with van der Waals surface area (Å²) in [5.74, 6) is 0.119. The first-order valence-corrected chi connectivity index (χ1v) is 11.5. The molecule has 0 bridgehead atoms. The Hall–Kier alpha value is -3.10. The number of carbonyl (C=O) groups excluding carboxylic acids is 3. The van der Waals surface area contributed by atoms with E-state index in [-0.39, 0.29) is 30.3 Å². The minimum atomic E-state index is -0.729. The molecule has 2 saturated heterocycles. The van der Waals surface area contributed by atoms with Crippen LogP contribution in [0.2, 0.25) is 5.02 Å². The molecule has 0 aromatic heterocycles. The fourth-order valence-corrected chi connectivity index (χ4v) is 5.01. The van der Waals surface area contributed by atoms with Crippen LogP contribution >= 0.6 is 11.6 Å². The van der Waals surface area contributed by atoms with Crippen LogP contribution in [0.15, 0.2) is 36.4 Å². The van der Waals surface area contributed by atoms with E-state index in [1.54, 1.807) is 47.2 Å². The minimum Gasteiger partial charge on any atom is -0.496 e. The van der Waals surface area contributed by atoms with E-state index in [0.717, 1.165) is 30.5 Å². The van der Waals surface area contributed by atoms with Crippen LogP contribution in [-0.2, 0) is 9.59 Å². The first kappa shape index (κ1) is 21.7. The lowest BCUT2D eigenvalue weighted by molar-refractivity contribution is -0.137. The molecule has 3 heterocycles. The van der Waals surface area contributed by atoms with Gasteiger partial charge in [0.15, 0.2) is 0 Å². The van der Waals surface area contributed by atoms with Gasteiger partial charge in [-0.05, 0) is 55.3 Å². The summed E-state index contributed by atoms with van der Waals surface area (Å²) in [5, 5.41) is 6.66. The maximum atomic E-state index is 13.5. The van der Waals surface area contributed by atoms with Crippen molar-refractivity contribution in [3.63, 3.8) is 0 Å². The number of fused-ring (bicyclic) bond motifs is 2. The largest absolute Gasteiger partial charge is 0.496 e. The summed E-state index contributed by atoms with van der Waals surface area (Å²) in [6, 6.07) is 9.68. The van der Waals surface area contributed by atoms with Gasteiger partial charge in [0, 0.05) is 23.7 Å². The van der Waals surface area contributed by atoms with Gasteiger partial charge in [-0.2, -0.15) is 0 Å². The highest BCUT2D eigenvalue weighted by Crippen LogP contribution is 2.36. The van der Waals surface area contributed by atoms with Crippen LogP contribution in [0.4, 0.5) is 5.69 Å². The monoisotopic (exact) mass is 468 g/mol. The Balaban J connectivity index is 1.44. The van der Waals surface area contributed by atoms with E-state index < -0.39 is 6.04 Å². The van der Waals surface area contributed by atoms with Crippen LogP contribution in [0.5, 0.6) is 5.75 Å². The molecule has 2 aromatic carbocycles. The zero-order chi connectivity index (χ0) is 23.1. The number of hydrogen-bond donors (Lipinski definition) is 2. The Morgan fingerprint density at radius 3 is 2.73 bits per heavy atom. The summed E-state index contributed by atoms with van der Waals surface area (Å²) in [5.41, 5.74) is 2.38. The van der Waals surface area contributed by atoms with Crippen molar-refractivity contribution in [1.29, 1.82) is 0 Å². The summed E-state index contributed by atoms with van der Waals surface area (Å²) in [7, 11) is 1.58. The third-order valence-electron chi connectivity index (χ3n) is 6.59. The SMILES string of the molecule is COc1ccc(Cl)cc1-c1ccc2c(c1)C(=O)N1CCN(C(=O)[C@H]3CCCN3)C[C@H]1C(=O)N2. The van der Waals surface area contributed by atoms with Crippen molar-refractivity contribution >= 4 is 35.0 Å². The number of anilines is 1. The Labute approximate surface area is 196 Å². The van der Waals surface area contributed by atoms with Crippen LogP contribution in [-0.4, -0.2) is 72.9 Å². The van der Waals surface area contributed by atoms with Crippen molar-refractivity contribution < 1.29 is 19.1 Å². The molecule has 5 rings (SSSR count). The molecule has 0 radical (unpaired) electrons. The Bertz CT molecular complexity index is 1130. The highest BCUT2D eigenvalue weighted by Gasteiger charge is 2.41. The number of carbonyl (C=O) groups is 3. The number of methoxy groups -OCH3 is 1. The summed E-state index contributed by atoms with van der Waals surface area (Å²) in [4.78, 5) is 42.7. The van der Waals surface area contributed by atoms with Crippen LogP contribution in [0.25, 0.3) is 11.1 Å². The summed E-state index contributed by atoms with van der Waals surface area (Å²) < 4.78 is 5.46. The van der Waals surface area contributed by atoms with Crippen LogP contribution in [0.1, 0.15) is 23.2 Å². The molecule has 2 N–H and O–H groups in total. The normalized spacial score (nSPS) is 22.4. The van der Waals surface area contributed by atoms with Crippen molar-refractivity contribution in [3.05, 3.63) is 47.0 Å². The number of nitrogens with zero attached hydrogens (tertiary/aromatic N) is 2. The Kier molecular flexibility index (Phi) is 5.72. The molecule has 2 atom stereocenters. The van der Waals surface area contributed by atoms with E-state index in [0.29, 0.717) is 35.1 Å². The number of benzene rings is 2. The van der Waals surface area contributed by atoms with E-state index >= 15 is 0 Å². The molecule has 9 heteroatoms. The number of nitrogens with one attached hydrogen (secondary N) is 2. The van der Waals surface area contributed by atoms with Gasteiger partial charge in [-0.1, -0.05) is 17.7 Å². The van der Waals surface area contributed by atoms with Gasteiger partial charge >= 0.3 is 0 Å². The second-order valence-electron chi connectivity index (χ2n) is 8.54. The summed E-state index contributed by atoms with van der Waals surface area (Å²) >= 11 is 6.19. The maximum Gasteiger partial charge on any atom is 0.256 e. The lowest BCUT2D eigenvalue weighted by Gasteiger charge is -2.40. The molecule has 0 saturated carbocycles. The van der Waals surface area contributed by atoms with Gasteiger partial charge in [0.1, 0.15) is 11.8 Å². The standard InChI is InChI=1S/C24H25ClN4O4/c1-33-21-7-5-15(25)12-16(21)14-4-6-18-17(11-14)23(31)29-10-9-28(13-20(29)22(30)27-18)24(32)19-3-2-8-26-19/h4-7,11-12,19-20,26H,2-3,8-10,13H2,1H3,(H,27,30)/t19-,20+/m1/s1. The first-order valence-electron chi connectivity index (χ1n) is 11.1. The predicted molar refractivity (Wildman–Crippen MR) is 124 cm³/mol. The van der Waals surface area contributed by atoms with E-state index in [2.05, 4.69) is 10.6 Å². The molecular weight excluding hydrogens is 444 g/mol. The van der Waals surface area contributed by atoms with E-state index in [9.17, 15) is 14.4 Å². The molecule has 2 aromatic rings. The fourth-order valence-electron chi connectivity index (χ4n) is 4.84. The topological polar surface area (TPSA) is 91.0 Å². The van der Waals surface area contributed by atoms with Crippen LogP contribution < -0.4 is 15.4 Å². The van der Waals surface area contributed by atoms with Crippen molar-refractivity contribution in [1.82, 2.24) is 15.1 Å². The summed E-state index contributed by atoms with van der Waals surface area (Å²) in [6.45, 7) is 1.73. The molecule has 0 unspecified atom stereocenters. The van der Waals surface area contributed by atoms with Crippen molar-refractivity contribution in [2.45, 2.75) is 24.9 Å². The molecule has 8 nitrogen and oxygen atoms in total. The second-order valence-corrected chi connectivity index (χ2v) is 8.98. The molecule has 0 spiro atoms. The van der Waals surface area contributed by atoms with Crippen molar-refractivity contribution in [2.24, 2.45) is 0 Å². The van der Waals surface area contributed by atoms with E-state index in [1.807, 2.05) is 6.07 Å². The van der Waals surface area contributed by atoms with Gasteiger partial charge in [-0.25, -0.2) is 0 Å². The minimum absolute atomic E-state index is 0.00416. The average Bonchev–Trinajstić information content (AvgIpc) is 3.35. The molecule has 3 aliphatic heterocycles. The number of rotatable bonds is 3.